The first-order chi connectivity index (χ1) is 9.36. The summed E-state index contributed by atoms with van der Waals surface area (Å²) in [5.74, 6) is 0. The Balaban J connectivity index is 2.16. The standard InChI is InChI=1S/C15H18ClN3S/c1-10-9-20-14(18-10)19-17-8-11-7-12(15(2,3)4)5-6-13(11)16/h5-9H,1-4H3,(H,18,19). The zero-order valence-electron chi connectivity index (χ0n) is 12.1. The first-order valence-electron chi connectivity index (χ1n) is 6.37. The summed E-state index contributed by atoms with van der Waals surface area (Å²) in [7, 11) is 0. The van der Waals surface area contributed by atoms with Crippen LogP contribution < -0.4 is 5.43 Å². The van der Waals surface area contributed by atoms with Crippen LogP contribution in [0, 0.1) is 6.92 Å². The molecule has 0 aliphatic heterocycles. The van der Waals surface area contributed by atoms with Gasteiger partial charge in [0.05, 0.1) is 11.9 Å². The third-order valence-electron chi connectivity index (χ3n) is 2.84. The highest BCUT2D eigenvalue weighted by molar-refractivity contribution is 7.13. The number of hydrogen-bond donors (Lipinski definition) is 1. The second kappa shape index (κ2) is 5.94. The van der Waals surface area contributed by atoms with Crippen LogP contribution in [0.25, 0.3) is 0 Å². The van der Waals surface area contributed by atoms with Gasteiger partial charge in [-0.05, 0) is 30.0 Å². The van der Waals surface area contributed by atoms with Crippen LogP contribution in [-0.4, -0.2) is 11.2 Å². The van der Waals surface area contributed by atoms with Crippen molar-refractivity contribution in [3.8, 4) is 0 Å². The zero-order chi connectivity index (χ0) is 14.8. The second-order valence-corrected chi connectivity index (χ2v) is 6.92. The summed E-state index contributed by atoms with van der Waals surface area (Å²) in [5.41, 5.74) is 6.13. The molecule has 2 aromatic rings. The summed E-state index contributed by atoms with van der Waals surface area (Å²) in [5, 5.41) is 7.65. The highest BCUT2D eigenvalue weighted by Crippen LogP contribution is 2.26. The number of halogens is 1. The van der Waals surface area contributed by atoms with Crippen molar-refractivity contribution in [3.05, 3.63) is 45.4 Å². The van der Waals surface area contributed by atoms with Crippen molar-refractivity contribution in [2.24, 2.45) is 5.10 Å². The fraction of sp³-hybridized carbons (Fsp3) is 0.333. The van der Waals surface area contributed by atoms with E-state index in [4.69, 9.17) is 11.6 Å². The van der Waals surface area contributed by atoms with Gasteiger partial charge in [0.2, 0.25) is 5.13 Å². The first-order valence-corrected chi connectivity index (χ1v) is 7.63. The van der Waals surface area contributed by atoms with Gasteiger partial charge in [0.15, 0.2) is 0 Å². The lowest BCUT2D eigenvalue weighted by Gasteiger charge is -2.19. The molecule has 2 rings (SSSR count). The molecule has 0 unspecified atom stereocenters. The van der Waals surface area contributed by atoms with Gasteiger partial charge in [0, 0.05) is 16.0 Å². The van der Waals surface area contributed by atoms with Crippen molar-refractivity contribution in [2.75, 3.05) is 5.43 Å². The zero-order valence-corrected chi connectivity index (χ0v) is 13.6. The Hall–Kier alpha value is -1.39. The van der Waals surface area contributed by atoms with Crippen molar-refractivity contribution in [3.63, 3.8) is 0 Å². The van der Waals surface area contributed by atoms with Gasteiger partial charge >= 0.3 is 0 Å². The van der Waals surface area contributed by atoms with Crippen molar-refractivity contribution < 1.29 is 0 Å². The molecular weight excluding hydrogens is 290 g/mol. The van der Waals surface area contributed by atoms with Crippen LogP contribution in [0.5, 0.6) is 0 Å². The molecule has 5 heteroatoms. The normalized spacial score (nSPS) is 12.1. The quantitative estimate of drug-likeness (QED) is 0.650. The van der Waals surface area contributed by atoms with Crippen molar-refractivity contribution in [1.29, 1.82) is 0 Å². The maximum absolute atomic E-state index is 6.20. The van der Waals surface area contributed by atoms with Gasteiger partial charge in [-0.3, -0.25) is 5.43 Å². The number of hydrogen-bond acceptors (Lipinski definition) is 4. The smallest absolute Gasteiger partial charge is 0.203 e. The number of hydrazone groups is 1. The van der Waals surface area contributed by atoms with Crippen molar-refractivity contribution in [2.45, 2.75) is 33.1 Å². The van der Waals surface area contributed by atoms with Crippen LogP contribution in [-0.2, 0) is 5.41 Å². The third kappa shape index (κ3) is 3.81. The minimum Gasteiger partial charge on any atom is -0.253 e. The molecule has 0 aliphatic rings. The SMILES string of the molecule is Cc1csc(NN=Cc2cc(C(C)(C)C)ccc2Cl)n1. The van der Waals surface area contributed by atoms with Gasteiger partial charge in [0.1, 0.15) is 0 Å². The van der Waals surface area contributed by atoms with E-state index in [1.165, 1.54) is 16.9 Å². The number of thiazole rings is 1. The maximum Gasteiger partial charge on any atom is 0.203 e. The second-order valence-electron chi connectivity index (χ2n) is 5.65. The molecule has 0 amide bonds. The third-order valence-corrected chi connectivity index (χ3v) is 4.05. The number of rotatable bonds is 3. The predicted octanol–water partition coefficient (Wildman–Crippen LogP) is 4.85. The fourth-order valence-corrected chi connectivity index (χ4v) is 2.47. The number of anilines is 1. The lowest BCUT2D eigenvalue weighted by Crippen LogP contribution is -2.11. The summed E-state index contributed by atoms with van der Waals surface area (Å²) >= 11 is 7.73. The van der Waals surface area contributed by atoms with Gasteiger partial charge in [-0.25, -0.2) is 4.98 Å². The largest absolute Gasteiger partial charge is 0.253 e. The molecule has 0 saturated heterocycles. The van der Waals surface area contributed by atoms with E-state index in [2.05, 4.69) is 48.4 Å². The van der Waals surface area contributed by atoms with E-state index < -0.39 is 0 Å². The van der Waals surface area contributed by atoms with Crippen molar-refractivity contribution in [1.82, 2.24) is 4.98 Å². The van der Waals surface area contributed by atoms with Crippen molar-refractivity contribution >= 4 is 34.3 Å². The predicted molar refractivity (Wildman–Crippen MR) is 88.2 cm³/mol. The van der Waals surface area contributed by atoms with E-state index in [9.17, 15) is 0 Å². The molecule has 0 fully saturated rings. The van der Waals surface area contributed by atoms with Crippen LogP contribution in [0.1, 0.15) is 37.6 Å². The fourth-order valence-electron chi connectivity index (χ4n) is 1.67. The molecule has 1 aromatic heterocycles. The molecule has 0 spiro atoms. The van der Waals surface area contributed by atoms with E-state index in [1.54, 1.807) is 6.21 Å². The minimum absolute atomic E-state index is 0.0903. The Kier molecular flexibility index (Phi) is 4.45. The van der Waals surface area contributed by atoms with Gasteiger partial charge in [0.25, 0.3) is 0 Å². The lowest BCUT2D eigenvalue weighted by atomic mass is 9.86. The Morgan fingerprint density at radius 1 is 1.35 bits per heavy atom. The highest BCUT2D eigenvalue weighted by Gasteiger charge is 2.14. The molecule has 3 nitrogen and oxygen atoms in total. The van der Waals surface area contributed by atoms with Crippen LogP contribution in [0.15, 0.2) is 28.7 Å². The Morgan fingerprint density at radius 2 is 2.10 bits per heavy atom. The van der Waals surface area contributed by atoms with Crippen LogP contribution in [0.4, 0.5) is 5.13 Å². The Bertz CT molecular complexity index is 626. The van der Waals surface area contributed by atoms with E-state index in [1.807, 2.05) is 18.4 Å². The summed E-state index contributed by atoms with van der Waals surface area (Å²) in [6, 6.07) is 6.04. The summed E-state index contributed by atoms with van der Waals surface area (Å²) < 4.78 is 0. The summed E-state index contributed by atoms with van der Waals surface area (Å²) in [4.78, 5) is 4.28. The number of aryl methyl sites for hydroxylation is 1. The number of nitrogens with one attached hydrogen (secondary N) is 1. The number of aromatic nitrogens is 1. The van der Waals surface area contributed by atoms with Crippen LogP contribution in [0.2, 0.25) is 5.02 Å². The molecule has 20 heavy (non-hydrogen) atoms. The van der Waals surface area contributed by atoms with E-state index in [0.29, 0.717) is 5.02 Å². The van der Waals surface area contributed by atoms with Gasteiger partial charge in [-0.2, -0.15) is 5.10 Å². The molecule has 0 aliphatic carbocycles. The molecule has 106 valence electrons. The average Bonchev–Trinajstić information content (AvgIpc) is 2.76. The molecule has 0 saturated carbocycles. The summed E-state index contributed by atoms with van der Waals surface area (Å²) in [6.45, 7) is 8.48. The van der Waals surface area contributed by atoms with E-state index in [0.717, 1.165) is 16.4 Å². The molecule has 0 radical (unpaired) electrons. The number of benzene rings is 1. The number of nitrogens with zero attached hydrogens (tertiary/aromatic N) is 2. The topological polar surface area (TPSA) is 37.3 Å². The molecule has 1 N–H and O–H groups in total. The average molecular weight is 308 g/mol. The van der Waals surface area contributed by atoms with Gasteiger partial charge in [-0.15, -0.1) is 11.3 Å². The molecule has 1 heterocycles. The highest BCUT2D eigenvalue weighted by atomic mass is 35.5. The van der Waals surface area contributed by atoms with Crippen LogP contribution >= 0.6 is 22.9 Å². The maximum atomic E-state index is 6.20. The minimum atomic E-state index is 0.0903. The van der Waals surface area contributed by atoms with Crippen LogP contribution in [0.3, 0.4) is 0 Å². The van der Waals surface area contributed by atoms with Gasteiger partial charge < -0.3 is 0 Å². The molecule has 0 atom stereocenters. The van der Waals surface area contributed by atoms with E-state index in [-0.39, 0.29) is 5.41 Å². The van der Waals surface area contributed by atoms with E-state index >= 15 is 0 Å². The van der Waals surface area contributed by atoms with Gasteiger partial charge in [-0.1, -0.05) is 38.4 Å². The summed E-state index contributed by atoms with van der Waals surface area (Å²) in [6.07, 6.45) is 1.73. The Morgan fingerprint density at radius 3 is 2.70 bits per heavy atom. The Labute approximate surface area is 128 Å². The molecule has 1 aromatic carbocycles. The molecule has 0 bridgehead atoms. The monoisotopic (exact) mass is 307 g/mol. The first kappa shape index (κ1) is 15.0. The molecular formula is C15H18ClN3S. The lowest BCUT2D eigenvalue weighted by molar-refractivity contribution is 0.590.